The monoisotopic (exact) mass is 550 g/mol. The summed E-state index contributed by atoms with van der Waals surface area (Å²) < 4.78 is 36.2. The fourth-order valence-electron chi connectivity index (χ4n) is 8.01. The normalized spacial score (nSPS) is 46.5. The SMILES string of the molecule is CCC(C)C(=O)O[C@H]1[C@H](O)CC2[C@@](C)(C3CC4C=COC4O3)[C@H](C)C[C@H](OC(C)=O)[C@@]2(COC(C)=O)[C@@]12CO2. The van der Waals surface area contributed by atoms with Crippen molar-refractivity contribution in [3.05, 3.63) is 12.3 Å². The molecule has 0 radical (unpaired) electrons. The van der Waals surface area contributed by atoms with Crippen molar-refractivity contribution in [1.29, 1.82) is 0 Å². The number of esters is 3. The number of aliphatic hydroxyl groups excluding tert-OH is 1. The lowest BCUT2D eigenvalue weighted by atomic mass is 9.41. The van der Waals surface area contributed by atoms with Gasteiger partial charge < -0.3 is 33.5 Å². The first-order chi connectivity index (χ1) is 18.4. The maximum atomic E-state index is 13.0. The third-order valence-electron chi connectivity index (χ3n) is 10.6. The van der Waals surface area contributed by atoms with Crippen molar-refractivity contribution in [3.63, 3.8) is 0 Å². The summed E-state index contributed by atoms with van der Waals surface area (Å²) in [6.07, 6.45) is 2.38. The van der Waals surface area contributed by atoms with Crippen LogP contribution in [0.15, 0.2) is 12.3 Å². The molecule has 10 nitrogen and oxygen atoms in total. The van der Waals surface area contributed by atoms with Crippen molar-refractivity contribution < 1.29 is 47.9 Å². The number of fused-ring (bicyclic) bond motifs is 3. The molecule has 4 fully saturated rings. The average Bonchev–Trinajstić information content (AvgIpc) is 3.36. The number of carbonyl (C=O) groups excluding carboxylic acids is 3. The van der Waals surface area contributed by atoms with E-state index in [0.717, 1.165) is 6.42 Å². The summed E-state index contributed by atoms with van der Waals surface area (Å²) in [6, 6.07) is 0. The fourth-order valence-corrected chi connectivity index (χ4v) is 8.01. The number of epoxide rings is 1. The third-order valence-corrected chi connectivity index (χ3v) is 10.6. The molecular weight excluding hydrogens is 508 g/mol. The molecule has 0 aromatic carbocycles. The second-order valence-corrected chi connectivity index (χ2v) is 12.5. The van der Waals surface area contributed by atoms with Gasteiger partial charge in [-0.05, 0) is 43.6 Å². The van der Waals surface area contributed by atoms with Crippen molar-refractivity contribution >= 4 is 17.9 Å². The Kier molecular flexibility index (Phi) is 7.29. The van der Waals surface area contributed by atoms with Crippen molar-refractivity contribution in [2.45, 2.75) is 104 Å². The quantitative estimate of drug-likeness (QED) is 0.287. The highest BCUT2D eigenvalue weighted by molar-refractivity contribution is 5.72. The minimum absolute atomic E-state index is 0.00678. The van der Waals surface area contributed by atoms with E-state index in [4.69, 9.17) is 28.4 Å². The highest BCUT2D eigenvalue weighted by Gasteiger charge is 2.81. The Morgan fingerprint density at radius 3 is 2.44 bits per heavy atom. The van der Waals surface area contributed by atoms with Crippen molar-refractivity contribution in [1.82, 2.24) is 0 Å². The zero-order valence-electron chi connectivity index (χ0n) is 23.7. The van der Waals surface area contributed by atoms with Gasteiger partial charge in [-0.25, -0.2) is 0 Å². The summed E-state index contributed by atoms with van der Waals surface area (Å²) in [4.78, 5) is 37.7. The maximum Gasteiger partial charge on any atom is 0.309 e. The number of aliphatic hydroxyl groups is 1. The van der Waals surface area contributed by atoms with Gasteiger partial charge >= 0.3 is 17.9 Å². The van der Waals surface area contributed by atoms with Gasteiger partial charge in [-0.2, -0.15) is 0 Å². The predicted octanol–water partition coefficient (Wildman–Crippen LogP) is 2.90. The van der Waals surface area contributed by atoms with Crippen LogP contribution in [-0.4, -0.2) is 72.5 Å². The Hall–Kier alpha value is -2.17. The van der Waals surface area contributed by atoms with Crippen LogP contribution in [0.1, 0.15) is 67.2 Å². The molecule has 5 aliphatic rings. The highest BCUT2D eigenvalue weighted by Crippen LogP contribution is 2.70. The molecule has 0 aromatic heterocycles. The molecule has 2 saturated heterocycles. The molecule has 1 spiro atoms. The molecule has 0 aromatic rings. The van der Waals surface area contributed by atoms with Gasteiger partial charge in [0.2, 0.25) is 6.29 Å². The molecule has 1 N–H and O–H groups in total. The van der Waals surface area contributed by atoms with Gasteiger partial charge in [-0.15, -0.1) is 0 Å². The number of carbonyl (C=O) groups is 3. The molecule has 12 atom stereocenters. The minimum Gasteiger partial charge on any atom is -0.472 e. The fraction of sp³-hybridized carbons (Fsp3) is 0.828. The lowest BCUT2D eigenvalue weighted by molar-refractivity contribution is -0.284. The van der Waals surface area contributed by atoms with Gasteiger partial charge in [0, 0.05) is 25.2 Å². The standard InChI is InChI=1S/C29H42O10/c1-7-15(2)25(33)39-24-20(32)12-21-27(6,22-11-19-8-9-34-26(19)38-22)16(3)10-23(37-18(5)31)28(21,13-35-17(4)30)29(24)14-36-29/h8-9,15-16,19-24,26,32H,7,10-14H2,1-6H3/t15?,16-,19?,20-,21?,22?,23+,24+,26?,27+,28+,29-/m1/s1. The number of hydrogen-bond acceptors (Lipinski definition) is 10. The molecule has 0 amide bonds. The van der Waals surface area contributed by atoms with Crippen molar-refractivity contribution in [2.24, 2.45) is 34.5 Å². The van der Waals surface area contributed by atoms with Crippen LogP contribution in [0.4, 0.5) is 0 Å². The number of rotatable bonds is 7. The van der Waals surface area contributed by atoms with E-state index < -0.39 is 52.7 Å². The first-order valence-corrected chi connectivity index (χ1v) is 14.2. The van der Waals surface area contributed by atoms with E-state index in [2.05, 4.69) is 13.8 Å². The smallest absolute Gasteiger partial charge is 0.309 e. The van der Waals surface area contributed by atoms with Gasteiger partial charge in [0.05, 0.1) is 36.4 Å². The summed E-state index contributed by atoms with van der Waals surface area (Å²) in [5, 5.41) is 11.6. The average molecular weight is 551 g/mol. The zero-order valence-corrected chi connectivity index (χ0v) is 23.7. The van der Waals surface area contributed by atoms with Crippen LogP contribution in [0.2, 0.25) is 0 Å². The molecule has 5 unspecified atom stereocenters. The molecule has 5 rings (SSSR count). The molecule has 3 heterocycles. The highest BCUT2D eigenvalue weighted by atomic mass is 16.7. The van der Waals surface area contributed by atoms with Gasteiger partial charge in [-0.3, -0.25) is 14.4 Å². The van der Waals surface area contributed by atoms with E-state index in [1.165, 1.54) is 13.8 Å². The molecule has 3 aliphatic heterocycles. The van der Waals surface area contributed by atoms with Crippen molar-refractivity contribution in [2.75, 3.05) is 13.2 Å². The Balaban J connectivity index is 1.62. The first-order valence-electron chi connectivity index (χ1n) is 14.2. The molecule has 2 saturated carbocycles. The Morgan fingerprint density at radius 1 is 1.13 bits per heavy atom. The van der Waals surface area contributed by atoms with Crippen LogP contribution in [0.3, 0.4) is 0 Å². The summed E-state index contributed by atoms with van der Waals surface area (Å²) in [7, 11) is 0. The molecular formula is C29H42O10. The topological polar surface area (TPSA) is 130 Å². The molecule has 218 valence electrons. The Bertz CT molecular complexity index is 1020. The van der Waals surface area contributed by atoms with Gasteiger partial charge in [0.1, 0.15) is 18.3 Å². The number of ether oxygens (including phenoxy) is 6. The molecule has 10 heteroatoms. The lowest BCUT2D eigenvalue weighted by Gasteiger charge is -2.65. The third kappa shape index (κ3) is 4.28. The van der Waals surface area contributed by atoms with E-state index in [-0.39, 0.29) is 55.7 Å². The molecule has 39 heavy (non-hydrogen) atoms. The summed E-state index contributed by atoms with van der Waals surface area (Å²) in [5.74, 6) is -1.97. The van der Waals surface area contributed by atoms with Crippen LogP contribution >= 0.6 is 0 Å². The van der Waals surface area contributed by atoms with Crippen LogP contribution in [-0.2, 0) is 42.8 Å². The molecule has 0 bridgehead atoms. The first kappa shape index (κ1) is 28.4. The van der Waals surface area contributed by atoms with Crippen LogP contribution in [0, 0.1) is 34.5 Å². The number of hydrogen-bond donors (Lipinski definition) is 1. The van der Waals surface area contributed by atoms with E-state index in [1.54, 1.807) is 13.2 Å². The van der Waals surface area contributed by atoms with Crippen LogP contribution in [0.25, 0.3) is 0 Å². The molecule has 2 aliphatic carbocycles. The van der Waals surface area contributed by atoms with E-state index in [9.17, 15) is 19.5 Å². The largest absolute Gasteiger partial charge is 0.472 e. The summed E-state index contributed by atoms with van der Waals surface area (Å²) in [6.45, 7) is 10.7. The van der Waals surface area contributed by atoms with Gasteiger partial charge in [0.25, 0.3) is 0 Å². The van der Waals surface area contributed by atoms with E-state index in [0.29, 0.717) is 12.8 Å². The van der Waals surface area contributed by atoms with Crippen LogP contribution < -0.4 is 0 Å². The van der Waals surface area contributed by atoms with Crippen LogP contribution in [0.5, 0.6) is 0 Å². The van der Waals surface area contributed by atoms with Gasteiger partial charge in [-0.1, -0.05) is 27.7 Å². The summed E-state index contributed by atoms with van der Waals surface area (Å²) >= 11 is 0. The summed E-state index contributed by atoms with van der Waals surface area (Å²) in [5.41, 5.74) is -2.81. The van der Waals surface area contributed by atoms with Crippen molar-refractivity contribution in [3.8, 4) is 0 Å². The maximum absolute atomic E-state index is 13.0. The van der Waals surface area contributed by atoms with E-state index in [1.807, 2.05) is 13.0 Å². The minimum atomic E-state index is -1.19. The van der Waals surface area contributed by atoms with E-state index >= 15 is 0 Å². The Labute approximate surface area is 229 Å². The second kappa shape index (κ2) is 10.0. The van der Waals surface area contributed by atoms with Gasteiger partial charge in [0.15, 0.2) is 6.10 Å². The Morgan fingerprint density at radius 2 is 1.85 bits per heavy atom. The zero-order chi connectivity index (χ0) is 28.3. The second-order valence-electron chi connectivity index (χ2n) is 12.5. The predicted molar refractivity (Wildman–Crippen MR) is 136 cm³/mol. The lowest BCUT2D eigenvalue weighted by Crippen LogP contribution is -2.74.